The molecule has 29 heavy (non-hydrogen) atoms. The fourth-order valence-corrected chi connectivity index (χ4v) is 3.78. The molecular formula is C19H29F3NO5P. The summed E-state index contributed by atoms with van der Waals surface area (Å²) in [5.41, 5.74) is -0.392. The van der Waals surface area contributed by atoms with Crippen LogP contribution in [0.1, 0.15) is 56.6 Å². The maximum atomic E-state index is 13.5. The van der Waals surface area contributed by atoms with Crippen LogP contribution in [0.2, 0.25) is 0 Å². The molecular weight excluding hydrogens is 410 g/mol. The number of rotatable bonds is 11. The number of unbranched alkanes of at least 4 members (excludes halogenated alkanes) is 4. The molecule has 166 valence electrons. The molecule has 1 heterocycles. The Hall–Kier alpha value is -1.12. The lowest BCUT2D eigenvalue weighted by Gasteiger charge is -2.18. The number of halogens is 3. The molecule has 6 nitrogen and oxygen atoms in total. The van der Waals surface area contributed by atoms with Gasteiger partial charge in [-0.15, -0.1) is 0 Å². The third-order valence-electron chi connectivity index (χ3n) is 4.86. The average molecular weight is 439 g/mol. The maximum absolute atomic E-state index is 13.5. The van der Waals surface area contributed by atoms with Gasteiger partial charge in [0.15, 0.2) is 0 Å². The van der Waals surface area contributed by atoms with Crippen molar-refractivity contribution in [3.8, 4) is 5.75 Å². The highest BCUT2D eigenvalue weighted by Gasteiger charge is 2.34. The van der Waals surface area contributed by atoms with Crippen LogP contribution in [0.15, 0.2) is 18.2 Å². The molecule has 2 rings (SSSR count). The van der Waals surface area contributed by atoms with Crippen LogP contribution in [0.5, 0.6) is 5.75 Å². The summed E-state index contributed by atoms with van der Waals surface area (Å²) in [7, 11) is -4.56. The van der Waals surface area contributed by atoms with E-state index in [0.717, 1.165) is 38.2 Å². The summed E-state index contributed by atoms with van der Waals surface area (Å²) >= 11 is 0. The average Bonchev–Trinajstić information content (AvgIpc) is 3.07. The Morgan fingerprint density at radius 3 is 2.59 bits per heavy atom. The SMILES string of the molecule is CCCCCCCc1ccc(O[C@@H]2CN[C@H](COP(=O)(O)O)C2)cc1C(F)(F)F. The molecule has 10 heteroatoms. The first-order valence-corrected chi connectivity index (χ1v) is 11.4. The minimum Gasteiger partial charge on any atom is -0.489 e. The zero-order valence-electron chi connectivity index (χ0n) is 16.5. The summed E-state index contributed by atoms with van der Waals surface area (Å²) < 4.78 is 61.3. The van der Waals surface area contributed by atoms with Crippen molar-refractivity contribution < 1.29 is 36.8 Å². The number of benzene rings is 1. The predicted molar refractivity (Wildman–Crippen MR) is 103 cm³/mol. The molecule has 1 fully saturated rings. The van der Waals surface area contributed by atoms with Crippen LogP contribution < -0.4 is 10.1 Å². The van der Waals surface area contributed by atoms with Gasteiger partial charge in [0.1, 0.15) is 11.9 Å². The summed E-state index contributed by atoms with van der Waals surface area (Å²) in [5, 5.41) is 2.98. The third kappa shape index (κ3) is 8.64. The van der Waals surface area contributed by atoms with E-state index in [1.54, 1.807) is 6.07 Å². The molecule has 1 aliphatic heterocycles. The zero-order valence-corrected chi connectivity index (χ0v) is 17.3. The number of hydrogen-bond donors (Lipinski definition) is 3. The summed E-state index contributed by atoms with van der Waals surface area (Å²) in [6, 6.07) is 3.74. The van der Waals surface area contributed by atoms with Gasteiger partial charge in [-0.2, -0.15) is 13.2 Å². The second-order valence-electron chi connectivity index (χ2n) is 7.35. The van der Waals surface area contributed by atoms with E-state index < -0.39 is 25.7 Å². The smallest absolute Gasteiger partial charge is 0.469 e. The van der Waals surface area contributed by atoms with Crippen molar-refractivity contribution in [1.82, 2.24) is 5.32 Å². The summed E-state index contributed by atoms with van der Waals surface area (Å²) in [6.07, 6.45) is 0.739. The number of alkyl halides is 3. The van der Waals surface area contributed by atoms with Gasteiger partial charge >= 0.3 is 14.0 Å². The number of ether oxygens (including phenoxy) is 1. The Kier molecular flexibility index (Phi) is 8.97. The van der Waals surface area contributed by atoms with E-state index in [9.17, 15) is 17.7 Å². The molecule has 0 amide bonds. The van der Waals surface area contributed by atoms with Crippen LogP contribution in [0, 0.1) is 0 Å². The van der Waals surface area contributed by atoms with E-state index in [0.29, 0.717) is 19.4 Å². The fourth-order valence-electron chi connectivity index (χ4n) is 3.41. The first-order chi connectivity index (χ1) is 13.6. The van der Waals surface area contributed by atoms with Crippen LogP contribution in [-0.2, 0) is 21.7 Å². The number of nitrogens with one attached hydrogen (secondary N) is 1. The Balaban J connectivity index is 1.95. The minimum atomic E-state index is -4.56. The van der Waals surface area contributed by atoms with Crippen molar-refractivity contribution in [1.29, 1.82) is 0 Å². The first-order valence-electron chi connectivity index (χ1n) is 9.88. The molecule has 0 unspecified atom stereocenters. The van der Waals surface area contributed by atoms with Crippen LogP contribution in [0.25, 0.3) is 0 Å². The standard InChI is InChI=1S/C19H29F3NO5P/c1-2-3-4-5-6-7-14-8-9-16(11-18(14)19(20,21)22)28-17-10-15(23-12-17)13-27-29(24,25)26/h8-9,11,15,17,23H,2-7,10,12-13H2,1H3,(H2,24,25,26)/t15-,17-/m0/s1. The summed E-state index contributed by atoms with van der Waals surface area (Å²) in [6.45, 7) is 2.25. The molecule has 0 aromatic heterocycles. The lowest BCUT2D eigenvalue weighted by atomic mass is 10.00. The van der Waals surface area contributed by atoms with Gasteiger partial charge < -0.3 is 19.8 Å². The number of aryl methyl sites for hydroxylation is 1. The van der Waals surface area contributed by atoms with Gasteiger partial charge in [0.25, 0.3) is 0 Å². The van der Waals surface area contributed by atoms with Gasteiger partial charge in [-0.1, -0.05) is 38.7 Å². The molecule has 2 atom stereocenters. The highest BCUT2D eigenvalue weighted by atomic mass is 31.2. The molecule has 0 bridgehead atoms. The van der Waals surface area contributed by atoms with Crippen LogP contribution in [-0.4, -0.2) is 35.1 Å². The molecule has 1 aromatic rings. The number of phosphoric ester groups is 1. The van der Waals surface area contributed by atoms with E-state index in [-0.39, 0.29) is 24.0 Å². The van der Waals surface area contributed by atoms with E-state index in [1.807, 2.05) is 0 Å². The van der Waals surface area contributed by atoms with Crippen molar-refractivity contribution in [2.75, 3.05) is 13.2 Å². The molecule has 1 aliphatic rings. The first kappa shape index (κ1) is 24.2. The molecule has 0 radical (unpaired) electrons. The van der Waals surface area contributed by atoms with Crippen LogP contribution in [0.3, 0.4) is 0 Å². The Bertz CT molecular complexity index is 695. The second-order valence-corrected chi connectivity index (χ2v) is 8.59. The van der Waals surface area contributed by atoms with Crippen molar-refractivity contribution in [2.24, 2.45) is 0 Å². The van der Waals surface area contributed by atoms with Gasteiger partial charge in [0.05, 0.1) is 12.2 Å². The predicted octanol–water partition coefficient (Wildman–Crippen LogP) is 4.44. The van der Waals surface area contributed by atoms with Gasteiger partial charge in [-0.05, 0) is 30.5 Å². The van der Waals surface area contributed by atoms with Crippen molar-refractivity contribution >= 4 is 7.82 Å². The fraction of sp³-hybridized carbons (Fsp3) is 0.684. The third-order valence-corrected chi connectivity index (χ3v) is 5.35. The monoisotopic (exact) mass is 439 g/mol. The molecule has 3 N–H and O–H groups in total. The molecule has 1 aromatic carbocycles. The Labute approximate surface area is 169 Å². The minimum absolute atomic E-state index is 0.135. The molecule has 0 saturated carbocycles. The Morgan fingerprint density at radius 1 is 1.21 bits per heavy atom. The lowest BCUT2D eigenvalue weighted by molar-refractivity contribution is -0.138. The zero-order chi connectivity index (χ0) is 21.5. The van der Waals surface area contributed by atoms with E-state index >= 15 is 0 Å². The molecule has 0 spiro atoms. The van der Waals surface area contributed by atoms with Crippen molar-refractivity contribution in [2.45, 2.75) is 70.2 Å². The maximum Gasteiger partial charge on any atom is 0.469 e. The van der Waals surface area contributed by atoms with Gasteiger partial charge in [0, 0.05) is 19.0 Å². The van der Waals surface area contributed by atoms with Gasteiger partial charge in [0.2, 0.25) is 0 Å². The number of hydrogen-bond acceptors (Lipinski definition) is 4. The highest BCUT2D eigenvalue weighted by molar-refractivity contribution is 7.46. The van der Waals surface area contributed by atoms with Crippen LogP contribution in [0.4, 0.5) is 13.2 Å². The van der Waals surface area contributed by atoms with Gasteiger partial charge in [-0.25, -0.2) is 4.57 Å². The normalized spacial score (nSPS) is 20.2. The number of phosphoric acid groups is 1. The van der Waals surface area contributed by atoms with Crippen molar-refractivity contribution in [3.63, 3.8) is 0 Å². The van der Waals surface area contributed by atoms with Crippen molar-refractivity contribution in [3.05, 3.63) is 29.3 Å². The van der Waals surface area contributed by atoms with E-state index in [1.165, 1.54) is 6.07 Å². The van der Waals surface area contributed by atoms with Gasteiger partial charge in [-0.3, -0.25) is 4.52 Å². The van der Waals surface area contributed by atoms with Crippen LogP contribution >= 0.6 is 7.82 Å². The largest absolute Gasteiger partial charge is 0.489 e. The highest BCUT2D eigenvalue weighted by Crippen LogP contribution is 2.37. The Morgan fingerprint density at radius 2 is 1.93 bits per heavy atom. The molecule has 1 saturated heterocycles. The lowest BCUT2D eigenvalue weighted by Crippen LogP contribution is -2.26. The summed E-state index contributed by atoms with van der Waals surface area (Å²) in [4.78, 5) is 17.5. The van der Waals surface area contributed by atoms with E-state index in [4.69, 9.17) is 14.5 Å². The topological polar surface area (TPSA) is 88.0 Å². The quantitative estimate of drug-likeness (QED) is 0.349. The molecule has 0 aliphatic carbocycles. The van der Waals surface area contributed by atoms with E-state index in [2.05, 4.69) is 16.8 Å². The summed E-state index contributed by atoms with van der Waals surface area (Å²) in [5.74, 6) is 0.135. The second kappa shape index (κ2) is 10.8.